The molecule has 1 fully saturated rings. The fraction of sp³-hybridized carbons (Fsp3) is 0.429. The Hall–Kier alpha value is -2.80. The third-order valence-corrected chi connectivity index (χ3v) is 5.37. The Morgan fingerprint density at radius 1 is 0.929 bits per heavy atom. The monoisotopic (exact) mass is 381 g/mol. The molecule has 0 bridgehead atoms. The highest BCUT2D eigenvalue weighted by molar-refractivity contribution is 5.82. The molecule has 0 amide bonds. The number of ether oxygens (including phenoxy) is 2. The van der Waals surface area contributed by atoms with Gasteiger partial charge in [-0.05, 0) is 38.6 Å². The fourth-order valence-electron chi connectivity index (χ4n) is 3.82. The largest absolute Gasteiger partial charge is 0.493 e. The van der Waals surface area contributed by atoms with Crippen LogP contribution in [-0.4, -0.2) is 66.9 Å². The maximum atomic E-state index is 5.49. The first-order valence-corrected chi connectivity index (χ1v) is 9.54. The van der Waals surface area contributed by atoms with Gasteiger partial charge in [-0.25, -0.2) is 4.98 Å². The number of benzene rings is 1. The highest BCUT2D eigenvalue weighted by atomic mass is 16.5. The Bertz CT molecular complexity index is 1010. The molecule has 3 aromatic rings. The maximum Gasteiger partial charge on any atom is 0.165 e. The number of rotatable bonds is 4. The number of methoxy groups -OCH3 is 2. The summed E-state index contributed by atoms with van der Waals surface area (Å²) in [6, 6.07) is 8.07. The average molecular weight is 381 g/mol. The first-order valence-electron chi connectivity index (χ1n) is 9.54. The van der Waals surface area contributed by atoms with Crippen molar-refractivity contribution in [3.8, 4) is 22.6 Å². The molecule has 0 saturated carbocycles. The van der Waals surface area contributed by atoms with E-state index in [4.69, 9.17) is 19.6 Å². The van der Waals surface area contributed by atoms with Crippen LogP contribution in [0.5, 0.6) is 11.5 Å². The lowest BCUT2D eigenvalue weighted by Gasteiger charge is -2.34. The number of nitrogens with zero attached hydrogens (tertiary/aromatic N) is 5. The van der Waals surface area contributed by atoms with Crippen molar-refractivity contribution in [3.63, 3.8) is 0 Å². The van der Waals surface area contributed by atoms with Crippen molar-refractivity contribution in [1.29, 1.82) is 0 Å². The number of aromatic nitrogens is 3. The van der Waals surface area contributed by atoms with E-state index < -0.39 is 0 Å². The van der Waals surface area contributed by atoms with Gasteiger partial charge in [0.1, 0.15) is 5.82 Å². The lowest BCUT2D eigenvalue weighted by molar-refractivity contribution is 0.311. The van der Waals surface area contributed by atoms with Crippen LogP contribution in [0.15, 0.2) is 24.3 Å². The second-order valence-electron chi connectivity index (χ2n) is 7.31. The summed E-state index contributed by atoms with van der Waals surface area (Å²) >= 11 is 0. The zero-order chi connectivity index (χ0) is 19.8. The molecule has 1 aromatic carbocycles. The summed E-state index contributed by atoms with van der Waals surface area (Å²) in [6.45, 7) is 8.14. The smallest absolute Gasteiger partial charge is 0.165 e. The number of hydrogen-bond donors (Lipinski definition) is 0. The first-order chi connectivity index (χ1) is 13.5. The summed E-state index contributed by atoms with van der Waals surface area (Å²) in [7, 11) is 5.46. The van der Waals surface area contributed by atoms with Crippen molar-refractivity contribution >= 4 is 11.5 Å². The molecule has 0 atom stereocenters. The molecule has 4 rings (SSSR count). The molecule has 1 aliphatic heterocycles. The molecule has 2 aromatic heterocycles. The lowest BCUT2D eigenvalue weighted by Crippen LogP contribution is -2.45. The van der Waals surface area contributed by atoms with E-state index in [-0.39, 0.29) is 0 Å². The SMILES string of the molecule is COc1ccc(-c2c(C)nn3c(N4CCN(C)CC4)cc(C)nc23)cc1OC. The Balaban J connectivity index is 1.86. The van der Waals surface area contributed by atoms with Gasteiger partial charge in [-0.2, -0.15) is 9.61 Å². The zero-order valence-electron chi connectivity index (χ0n) is 17.2. The van der Waals surface area contributed by atoms with E-state index in [0.29, 0.717) is 11.5 Å². The van der Waals surface area contributed by atoms with Crippen molar-refractivity contribution < 1.29 is 9.47 Å². The van der Waals surface area contributed by atoms with Crippen LogP contribution in [0.1, 0.15) is 11.4 Å². The van der Waals surface area contributed by atoms with E-state index in [1.165, 1.54) is 0 Å². The first kappa shape index (κ1) is 18.6. The number of anilines is 1. The van der Waals surface area contributed by atoms with Gasteiger partial charge in [-0.15, -0.1) is 0 Å². The zero-order valence-corrected chi connectivity index (χ0v) is 17.2. The van der Waals surface area contributed by atoms with Crippen LogP contribution in [0.4, 0.5) is 5.82 Å². The van der Waals surface area contributed by atoms with Gasteiger partial charge in [0.15, 0.2) is 17.1 Å². The number of piperazine rings is 1. The molecule has 0 aliphatic carbocycles. The van der Waals surface area contributed by atoms with Gasteiger partial charge >= 0.3 is 0 Å². The molecule has 1 saturated heterocycles. The summed E-state index contributed by atoms with van der Waals surface area (Å²) in [6.07, 6.45) is 0. The van der Waals surface area contributed by atoms with Crippen LogP contribution in [0, 0.1) is 13.8 Å². The number of aryl methyl sites for hydroxylation is 2. The molecule has 7 heteroatoms. The standard InChI is InChI=1S/C21H27N5O2/c1-14-12-19(25-10-8-24(3)9-11-25)26-21(22-14)20(15(2)23-26)16-6-7-17(27-4)18(13-16)28-5/h6-7,12-13H,8-11H2,1-5H3. The van der Waals surface area contributed by atoms with Gasteiger partial charge in [0, 0.05) is 43.5 Å². The van der Waals surface area contributed by atoms with Crippen LogP contribution in [0.3, 0.4) is 0 Å². The van der Waals surface area contributed by atoms with Gasteiger partial charge in [0.2, 0.25) is 0 Å². The van der Waals surface area contributed by atoms with Crippen molar-refractivity contribution in [3.05, 3.63) is 35.7 Å². The van der Waals surface area contributed by atoms with Crippen molar-refractivity contribution in [2.24, 2.45) is 0 Å². The molecule has 0 spiro atoms. The molecule has 0 unspecified atom stereocenters. The van der Waals surface area contributed by atoms with E-state index in [9.17, 15) is 0 Å². The van der Waals surface area contributed by atoms with Gasteiger partial charge in [0.25, 0.3) is 0 Å². The molecular weight excluding hydrogens is 354 g/mol. The summed E-state index contributed by atoms with van der Waals surface area (Å²) in [5, 5.41) is 4.85. The highest BCUT2D eigenvalue weighted by Gasteiger charge is 2.22. The minimum absolute atomic E-state index is 0.700. The Morgan fingerprint density at radius 3 is 2.32 bits per heavy atom. The third-order valence-electron chi connectivity index (χ3n) is 5.37. The van der Waals surface area contributed by atoms with Gasteiger partial charge in [-0.3, -0.25) is 0 Å². The summed E-state index contributed by atoms with van der Waals surface area (Å²) in [5.41, 5.74) is 4.86. The van der Waals surface area contributed by atoms with E-state index in [2.05, 4.69) is 22.9 Å². The molecule has 3 heterocycles. The molecule has 28 heavy (non-hydrogen) atoms. The molecule has 1 aliphatic rings. The predicted octanol–water partition coefficient (Wildman–Crippen LogP) is 2.78. The molecule has 0 N–H and O–H groups in total. The van der Waals surface area contributed by atoms with E-state index in [0.717, 1.165) is 60.2 Å². The van der Waals surface area contributed by atoms with Gasteiger partial charge < -0.3 is 19.3 Å². The van der Waals surface area contributed by atoms with Crippen LogP contribution < -0.4 is 14.4 Å². The Labute approximate surface area is 165 Å². The maximum absolute atomic E-state index is 5.49. The van der Waals surface area contributed by atoms with E-state index in [1.54, 1.807) is 14.2 Å². The fourth-order valence-corrected chi connectivity index (χ4v) is 3.82. The van der Waals surface area contributed by atoms with Crippen LogP contribution in [0.25, 0.3) is 16.8 Å². The Morgan fingerprint density at radius 2 is 1.64 bits per heavy atom. The predicted molar refractivity (Wildman–Crippen MR) is 111 cm³/mol. The number of likely N-dealkylation sites (N-methyl/N-ethyl adjacent to an activating group) is 1. The second-order valence-corrected chi connectivity index (χ2v) is 7.31. The van der Waals surface area contributed by atoms with Gasteiger partial charge in [-0.1, -0.05) is 6.07 Å². The second kappa shape index (κ2) is 7.31. The topological polar surface area (TPSA) is 55.1 Å². The van der Waals surface area contributed by atoms with Crippen LogP contribution in [-0.2, 0) is 0 Å². The molecular formula is C21H27N5O2. The van der Waals surface area contributed by atoms with Crippen molar-refractivity contribution in [2.75, 3.05) is 52.3 Å². The van der Waals surface area contributed by atoms with Crippen LogP contribution in [0.2, 0.25) is 0 Å². The van der Waals surface area contributed by atoms with Crippen LogP contribution >= 0.6 is 0 Å². The third kappa shape index (κ3) is 3.16. The summed E-state index contributed by atoms with van der Waals surface area (Å²) in [5.74, 6) is 2.51. The lowest BCUT2D eigenvalue weighted by atomic mass is 10.1. The Kier molecular flexibility index (Phi) is 4.85. The summed E-state index contributed by atoms with van der Waals surface area (Å²) < 4.78 is 12.9. The number of fused-ring (bicyclic) bond motifs is 1. The van der Waals surface area contributed by atoms with E-state index >= 15 is 0 Å². The van der Waals surface area contributed by atoms with Gasteiger partial charge in [0.05, 0.1) is 19.9 Å². The average Bonchev–Trinajstić information content (AvgIpc) is 3.03. The minimum atomic E-state index is 0.700. The van der Waals surface area contributed by atoms with E-state index in [1.807, 2.05) is 36.6 Å². The minimum Gasteiger partial charge on any atom is -0.493 e. The van der Waals surface area contributed by atoms with Crippen molar-refractivity contribution in [1.82, 2.24) is 19.5 Å². The summed E-state index contributed by atoms with van der Waals surface area (Å²) in [4.78, 5) is 9.58. The molecule has 7 nitrogen and oxygen atoms in total. The molecule has 0 radical (unpaired) electrons. The normalized spacial score (nSPS) is 15.2. The molecule has 148 valence electrons. The highest BCUT2D eigenvalue weighted by Crippen LogP contribution is 2.36. The quantitative estimate of drug-likeness (QED) is 0.693. The number of hydrogen-bond acceptors (Lipinski definition) is 6. The van der Waals surface area contributed by atoms with Crippen molar-refractivity contribution in [2.45, 2.75) is 13.8 Å².